The van der Waals surface area contributed by atoms with E-state index in [9.17, 15) is 13.2 Å². The molecule has 0 radical (unpaired) electrons. The Morgan fingerprint density at radius 3 is 2.47 bits per heavy atom. The standard InChI is InChI=1S/C24H26N6O.C2HF3O2/c1-16-15-27-24(30-23(16)29-22-4-2-3-21-20(22)11-14-26-21)28-17-5-7-18(8-6-17)31-19-9-12-25-13-10-19;3-2(4,5)1(6)7/h2-8,11,14-15,19,25-26H,9-10,12-13H2,1H3,(H2,27,28,29,30);(H,6,7). The van der Waals surface area contributed by atoms with Crippen LogP contribution in [-0.2, 0) is 4.79 Å². The van der Waals surface area contributed by atoms with E-state index in [1.807, 2.05) is 55.7 Å². The number of fused-ring (bicyclic) bond motifs is 1. The average Bonchev–Trinajstić information content (AvgIpc) is 3.38. The van der Waals surface area contributed by atoms with Crippen molar-refractivity contribution in [3.63, 3.8) is 0 Å². The third-order valence-electron chi connectivity index (χ3n) is 5.76. The van der Waals surface area contributed by atoms with Crippen LogP contribution in [0.2, 0.25) is 0 Å². The lowest BCUT2D eigenvalue weighted by Crippen LogP contribution is -2.34. The fourth-order valence-electron chi connectivity index (χ4n) is 3.80. The first-order valence-electron chi connectivity index (χ1n) is 11.9. The first-order chi connectivity index (χ1) is 18.2. The summed E-state index contributed by atoms with van der Waals surface area (Å²) in [6.45, 7) is 4.03. The predicted octanol–water partition coefficient (Wildman–Crippen LogP) is 5.52. The molecule has 12 heteroatoms. The lowest BCUT2D eigenvalue weighted by molar-refractivity contribution is -0.192. The number of H-pyrrole nitrogens is 1. The molecule has 2 aromatic carbocycles. The summed E-state index contributed by atoms with van der Waals surface area (Å²) in [6.07, 6.45) is 1.06. The van der Waals surface area contributed by atoms with Gasteiger partial charge in [-0.25, -0.2) is 9.78 Å². The zero-order valence-corrected chi connectivity index (χ0v) is 20.5. The van der Waals surface area contributed by atoms with Crippen molar-refractivity contribution in [2.75, 3.05) is 23.7 Å². The Hall–Kier alpha value is -4.32. The van der Waals surface area contributed by atoms with Gasteiger partial charge in [-0.1, -0.05) is 6.07 Å². The molecular formula is C26H27F3N6O3. The molecule has 1 aliphatic rings. The van der Waals surface area contributed by atoms with Crippen LogP contribution in [0.1, 0.15) is 18.4 Å². The highest BCUT2D eigenvalue weighted by Crippen LogP contribution is 2.27. The number of hydrogen-bond donors (Lipinski definition) is 5. The molecule has 1 saturated heterocycles. The highest BCUT2D eigenvalue weighted by atomic mass is 19.4. The monoisotopic (exact) mass is 528 g/mol. The number of alkyl halides is 3. The van der Waals surface area contributed by atoms with Crippen molar-refractivity contribution in [3.05, 3.63) is 66.5 Å². The quantitative estimate of drug-likeness (QED) is 0.222. The van der Waals surface area contributed by atoms with Gasteiger partial charge in [0.15, 0.2) is 0 Å². The zero-order chi connectivity index (χ0) is 27.1. The van der Waals surface area contributed by atoms with Crippen molar-refractivity contribution < 1.29 is 27.8 Å². The summed E-state index contributed by atoms with van der Waals surface area (Å²) in [7, 11) is 0. The molecule has 1 aliphatic heterocycles. The van der Waals surface area contributed by atoms with Crippen LogP contribution in [0.3, 0.4) is 0 Å². The summed E-state index contributed by atoms with van der Waals surface area (Å²) in [5.41, 5.74) is 3.98. The number of aromatic nitrogens is 3. The van der Waals surface area contributed by atoms with Crippen molar-refractivity contribution in [2.45, 2.75) is 32.0 Å². The van der Waals surface area contributed by atoms with E-state index in [0.717, 1.165) is 65.3 Å². The maximum atomic E-state index is 10.6. The lowest BCUT2D eigenvalue weighted by Gasteiger charge is -2.23. The Labute approximate surface area is 216 Å². The average molecular weight is 529 g/mol. The van der Waals surface area contributed by atoms with Gasteiger partial charge in [-0.3, -0.25) is 0 Å². The van der Waals surface area contributed by atoms with Crippen molar-refractivity contribution in [3.8, 4) is 5.75 Å². The maximum Gasteiger partial charge on any atom is 0.490 e. The largest absolute Gasteiger partial charge is 0.490 e. The van der Waals surface area contributed by atoms with Gasteiger partial charge in [0.05, 0.1) is 0 Å². The molecule has 3 heterocycles. The number of nitrogens with one attached hydrogen (secondary N) is 4. The summed E-state index contributed by atoms with van der Waals surface area (Å²) in [5, 5.41) is 18.3. The zero-order valence-electron chi connectivity index (χ0n) is 20.5. The Morgan fingerprint density at radius 1 is 1.08 bits per heavy atom. The van der Waals surface area contributed by atoms with E-state index in [1.54, 1.807) is 0 Å². The minimum absolute atomic E-state index is 0.290. The Kier molecular flexibility index (Phi) is 8.31. The summed E-state index contributed by atoms with van der Waals surface area (Å²) < 4.78 is 37.8. The first-order valence-corrected chi connectivity index (χ1v) is 11.9. The van der Waals surface area contributed by atoms with Crippen LogP contribution in [0, 0.1) is 6.92 Å². The number of aliphatic carboxylic acids is 1. The number of carboxylic acid groups (broad SMARTS) is 1. The van der Waals surface area contributed by atoms with Gasteiger partial charge in [0.25, 0.3) is 0 Å². The number of halogens is 3. The summed E-state index contributed by atoms with van der Waals surface area (Å²) in [5.74, 6) is -0.546. The van der Waals surface area contributed by atoms with Crippen molar-refractivity contribution >= 4 is 40.0 Å². The number of carbonyl (C=O) groups is 1. The molecule has 9 nitrogen and oxygen atoms in total. The normalized spacial score (nSPS) is 13.9. The second kappa shape index (κ2) is 11.8. The van der Waals surface area contributed by atoms with Gasteiger partial charge in [-0.15, -0.1) is 0 Å². The van der Waals surface area contributed by atoms with Gasteiger partial charge in [0.1, 0.15) is 17.7 Å². The minimum Gasteiger partial charge on any atom is -0.490 e. The van der Waals surface area contributed by atoms with Crippen LogP contribution in [-0.4, -0.2) is 51.4 Å². The number of anilines is 4. The van der Waals surface area contributed by atoms with E-state index in [1.165, 1.54) is 0 Å². The predicted molar refractivity (Wildman–Crippen MR) is 138 cm³/mol. The topological polar surface area (TPSA) is 124 Å². The Bertz CT molecular complexity index is 1370. The minimum atomic E-state index is -5.08. The number of hydrogen-bond acceptors (Lipinski definition) is 7. The number of aromatic amines is 1. The second-order valence-electron chi connectivity index (χ2n) is 8.61. The van der Waals surface area contributed by atoms with E-state index in [-0.39, 0.29) is 0 Å². The molecule has 0 bridgehead atoms. The van der Waals surface area contributed by atoms with Crippen LogP contribution in [0.4, 0.5) is 36.3 Å². The molecule has 200 valence electrons. The summed E-state index contributed by atoms with van der Waals surface area (Å²) >= 11 is 0. The van der Waals surface area contributed by atoms with E-state index >= 15 is 0 Å². The number of piperidine rings is 1. The van der Waals surface area contributed by atoms with Gasteiger partial charge < -0.3 is 30.8 Å². The fraction of sp³-hybridized carbons (Fsp3) is 0.269. The SMILES string of the molecule is Cc1cnc(Nc2ccc(OC3CCNCC3)cc2)nc1Nc1cccc2[nH]ccc12.O=C(O)C(F)(F)F. The molecule has 1 fully saturated rings. The molecule has 5 rings (SSSR count). The van der Waals surface area contributed by atoms with Crippen LogP contribution < -0.4 is 20.7 Å². The van der Waals surface area contributed by atoms with Crippen molar-refractivity contribution in [1.82, 2.24) is 20.3 Å². The highest BCUT2D eigenvalue weighted by Gasteiger charge is 2.38. The molecule has 0 spiro atoms. The molecule has 5 N–H and O–H groups in total. The molecule has 0 atom stereocenters. The fourth-order valence-corrected chi connectivity index (χ4v) is 3.80. The molecule has 0 aliphatic carbocycles. The van der Waals surface area contributed by atoms with Gasteiger partial charge in [0, 0.05) is 40.2 Å². The van der Waals surface area contributed by atoms with E-state index in [4.69, 9.17) is 14.6 Å². The smallest absolute Gasteiger partial charge is 0.490 e. The Balaban J connectivity index is 0.000000426. The van der Waals surface area contributed by atoms with Crippen LogP contribution in [0.25, 0.3) is 10.9 Å². The third-order valence-corrected chi connectivity index (χ3v) is 5.76. The van der Waals surface area contributed by atoms with Gasteiger partial charge >= 0.3 is 12.1 Å². The highest BCUT2D eigenvalue weighted by molar-refractivity contribution is 5.93. The molecule has 0 saturated carbocycles. The number of nitrogens with zero attached hydrogens (tertiary/aromatic N) is 2. The van der Waals surface area contributed by atoms with Crippen LogP contribution in [0.15, 0.2) is 60.9 Å². The number of rotatable bonds is 6. The molecule has 38 heavy (non-hydrogen) atoms. The molecule has 4 aromatic rings. The van der Waals surface area contributed by atoms with Gasteiger partial charge in [0.2, 0.25) is 5.95 Å². The summed E-state index contributed by atoms with van der Waals surface area (Å²) in [6, 6.07) is 16.1. The van der Waals surface area contributed by atoms with E-state index < -0.39 is 12.1 Å². The van der Waals surface area contributed by atoms with Gasteiger partial charge in [-0.05, 0) is 75.3 Å². The van der Waals surface area contributed by atoms with Crippen molar-refractivity contribution in [2.24, 2.45) is 0 Å². The lowest BCUT2D eigenvalue weighted by atomic mass is 10.1. The number of ether oxygens (including phenoxy) is 1. The number of benzene rings is 2. The summed E-state index contributed by atoms with van der Waals surface area (Å²) in [4.78, 5) is 21.3. The van der Waals surface area contributed by atoms with E-state index in [0.29, 0.717) is 12.1 Å². The Morgan fingerprint density at radius 2 is 1.79 bits per heavy atom. The molecular weight excluding hydrogens is 501 g/mol. The third kappa shape index (κ3) is 7.13. The van der Waals surface area contributed by atoms with Crippen LogP contribution in [0.5, 0.6) is 5.75 Å². The van der Waals surface area contributed by atoms with Gasteiger partial charge in [-0.2, -0.15) is 18.2 Å². The van der Waals surface area contributed by atoms with Crippen LogP contribution >= 0.6 is 0 Å². The van der Waals surface area contributed by atoms with E-state index in [2.05, 4.69) is 43.0 Å². The first kappa shape index (κ1) is 26.7. The molecule has 0 unspecified atom stereocenters. The molecule has 0 amide bonds. The van der Waals surface area contributed by atoms with Crippen molar-refractivity contribution in [1.29, 1.82) is 0 Å². The number of carboxylic acids is 1. The maximum absolute atomic E-state index is 10.6. The number of aryl methyl sites for hydroxylation is 1. The second-order valence-corrected chi connectivity index (χ2v) is 8.61. The molecule has 2 aromatic heterocycles.